The molecule has 1 aliphatic rings. The van der Waals surface area contributed by atoms with Gasteiger partial charge >= 0.3 is 0 Å². The second-order valence-electron chi connectivity index (χ2n) is 7.41. The van der Waals surface area contributed by atoms with E-state index in [1.807, 2.05) is 6.07 Å². The minimum Gasteiger partial charge on any atom is -0.439 e. The van der Waals surface area contributed by atoms with E-state index in [-0.39, 0.29) is 0 Å². The lowest BCUT2D eigenvalue weighted by Gasteiger charge is -2.26. The van der Waals surface area contributed by atoms with Crippen LogP contribution >= 0.6 is 0 Å². The van der Waals surface area contributed by atoms with Crippen molar-refractivity contribution in [1.82, 2.24) is 10.3 Å². The summed E-state index contributed by atoms with van der Waals surface area (Å²) in [4.78, 5) is 15.3. The summed E-state index contributed by atoms with van der Waals surface area (Å²) in [7, 11) is 0. The molecule has 3 N–H and O–H groups in total. The number of carbonyl (C=O) groups excluding carboxylic acids is 1. The van der Waals surface area contributed by atoms with Gasteiger partial charge in [0.2, 0.25) is 11.8 Å². The minimum absolute atomic E-state index is 0.368. The van der Waals surface area contributed by atoms with E-state index in [0.717, 1.165) is 38.0 Å². The van der Waals surface area contributed by atoms with Gasteiger partial charge in [-0.25, -0.2) is 4.98 Å². The Hall–Kier alpha value is -3.18. The third-order valence-electron chi connectivity index (χ3n) is 5.34. The largest absolute Gasteiger partial charge is 0.439 e. The lowest BCUT2D eigenvalue weighted by molar-refractivity contribution is 0.1000. The summed E-state index contributed by atoms with van der Waals surface area (Å²) in [5, 5.41) is 3.70. The van der Waals surface area contributed by atoms with E-state index in [2.05, 4.69) is 52.8 Å². The molecule has 4 rings (SSSR count). The van der Waals surface area contributed by atoms with E-state index in [1.165, 1.54) is 22.9 Å². The highest BCUT2D eigenvalue weighted by atomic mass is 16.5. The maximum atomic E-state index is 11.2. The third kappa shape index (κ3) is 5.00. The second kappa shape index (κ2) is 8.88. The van der Waals surface area contributed by atoms with Crippen molar-refractivity contribution >= 4 is 5.91 Å². The van der Waals surface area contributed by atoms with Crippen molar-refractivity contribution in [2.45, 2.75) is 31.7 Å². The van der Waals surface area contributed by atoms with E-state index in [9.17, 15) is 4.79 Å². The topological polar surface area (TPSA) is 77.2 Å². The van der Waals surface area contributed by atoms with Crippen molar-refractivity contribution in [1.29, 1.82) is 0 Å². The number of pyridine rings is 1. The highest BCUT2D eigenvalue weighted by Crippen LogP contribution is 2.28. The Morgan fingerprint density at radius 1 is 1.10 bits per heavy atom. The first-order valence-corrected chi connectivity index (χ1v) is 10.0. The summed E-state index contributed by atoms with van der Waals surface area (Å²) in [5.74, 6) is 0.708. The summed E-state index contributed by atoms with van der Waals surface area (Å²) in [5.41, 5.74) is 9.68. The van der Waals surface area contributed by atoms with Crippen molar-refractivity contribution in [2.75, 3.05) is 6.54 Å². The van der Waals surface area contributed by atoms with Crippen LogP contribution in [0.4, 0.5) is 0 Å². The monoisotopic (exact) mass is 387 g/mol. The second-order valence-corrected chi connectivity index (χ2v) is 7.41. The zero-order valence-electron chi connectivity index (χ0n) is 16.3. The van der Waals surface area contributed by atoms with Gasteiger partial charge in [-0.2, -0.15) is 0 Å². The molecule has 0 fully saturated rings. The Bertz CT molecular complexity index is 971. The third-order valence-corrected chi connectivity index (χ3v) is 5.34. The number of primary amides is 1. The Morgan fingerprint density at radius 3 is 2.72 bits per heavy atom. The number of ether oxygens (including phenoxy) is 1. The molecule has 5 heteroatoms. The molecular formula is C24H25N3O2. The fourth-order valence-corrected chi connectivity index (χ4v) is 3.74. The van der Waals surface area contributed by atoms with Crippen LogP contribution in [0.25, 0.3) is 0 Å². The number of aryl methyl sites for hydroxylation is 1. The smallest absolute Gasteiger partial charge is 0.250 e. The molecule has 1 aliphatic carbocycles. The van der Waals surface area contributed by atoms with Gasteiger partial charge in [0, 0.05) is 18.3 Å². The number of carbonyl (C=O) groups is 1. The maximum Gasteiger partial charge on any atom is 0.250 e. The van der Waals surface area contributed by atoms with Crippen LogP contribution in [0.2, 0.25) is 0 Å². The molecule has 1 heterocycles. The quantitative estimate of drug-likeness (QED) is 0.649. The number of benzene rings is 2. The van der Waals surface area contributed by atoms with Crippen molar-refractivity contribution in [3.8, 4) is 11.6 Å². The molecule has 3 aromatic rings. The molecule has 0 saturated heterocycles. The highest BCUT2D eigenvalue weighted by Gasteiger charge is 2.19. The predicted molar refractivity (Wildman–Crippen MR) is 113 cm³/mol. The number of nitrogens with two attached hydrogens (primary N) is 1. The number of aromatic nitrogens is 1. The van der Waals surface area contributed by atoms with Crippen molar-refractivity contribution in [3.05, 3.63) is 89.1 Å². The molecular weight excluding hydrogens is 362 g/mol. The van der Waals surface area contributed by atoms with Crippen molar-refractivity contribution < 1.29 is 9.53 Å². The van der Waals surface area contributed by atoms with Gasteiger partial charge in [-0.1, -0.05) is 36.4 Å². The zero-order chi connectivity index (χ0) is 20.1. The van der Waals surface area contributed by atoms with E-state index in [4.69, 9.17) is 10.5 Å². The van der Waals surface area contributed by atoms with Crippen LogP contribution in [0.15, 0.2) is 66.9 Å². The van der Waals surface area contributed by atoms with Crippen LogP contribution < -0.4 is 15.8 Å². The van der Waals surface area contributed by atoms with Crippen molar-refractivity contribution in [2.24, 2.45) is 5.73 Å². The summed E-state index contributed by atoms with van der Waals surface area (Å²) in [6.45, 7) is 0.982. The standard InChI is InChI=1S/C24H25N3O2/c25-24(28)19-8-11-23(27-16-19)29-22-10-7-18-6-9-21(14-20(18)15-22)26-13-12-17-4-2-1-3-5-17/h1-5,7-8,10-11,15-16,21,26H,6,9,12-14H2,(H2,25,28). The molecule has 0 radical (unpaired) electrons. The van der Waals surface area contributed by atoms with Crippen LogP contribution in [0.1, 0.15) is 33.5 Å². The van der Waals surface area contributed by atoms with E-state index < -0.39 is 5.91 Å². The molecule has 0 bridgehead atoms. The first-order chi connectivity index (χ1) is 14.2. The number of amides is 1. The van der Waals surface area contributed by atoms with Crippen LogP contribution in [-0.4, -0.2) is 23.5 Å². The van der Waals surface area contributed by atoms with Gasteiger partial charge in [0.05, 0.1) is 5.56 Å². The Morgan fingerprint density at radius 2 is 1.97 bits per heavy atom. The fraction of sp³-hybridized carbons (Fsp3) is 0.250. The number of fused-ring (bicyclic) bond motifs is 1. The number of nitrogens with zero attached hydrogens (tertiary/aromatic N) is 1. The number of nitrogens with one attached hydrogen (secondary N) is 1. The van der Waals surface area contributed by atoms with Gasteiger partial charge in [-0.3, -0.25) is 4.79 Å². The molecule has 1 unspecified atom stereocenters. The van der Waals surface area contributed by atoms with Crippen LogP contribution in [0, 0.1) is 0 Å². The molecule has 0 spiro atoms. The van der Waals surface area contributed by atoms with Gasteiger partial charge in [0.25, 0.3) is 0 Å². The average molecular weight is 387 g/mol. The SMILES string of the molecule is NC(=O)c1ccc(Oc2ccc3c(c2)CC(NCCc2ccccc2)CC3)nc1. The first kappa shape index (κ1) is 19.2. The minimum atomic E-state index is -0.497. The molecule has 0 saturated carbocycles. The van der Waals surface area contributed by atoms with E-state index in [1.54, 1.807) is 12.1 Å². The molecule has 0 aliphatic heterocycles. The molecule has 29 heavy (non-hydrogen) atoms. The normalized spacial score (nSPS) is 15.5. The van der Waals surface area contributed by atoms with Crippen LogP contribution in [0.5, 0.6) is 11.6 Å². The summed E-state index contributed by atoms with van der Waals surface area (Å²) in [6, 6.07) is 20.6. The molecule has 1 atom stereocenters. The van der Waals surface area contributed by atoms with Crippen LogP contribution in [-0.2, 0) is 19.3 Å². The summed E-state index contributed by atoms with van der Waals surface area (Å²) < 4.78 is 5.87. The Balaban J connectivity index is 1.35. The predicted octanol–water partition coefficient (Wildman–Crippen LogP) is 3.66. The van der Waals surface area contributed by atoms with Gasteiger partial charge in [-0.05, 0) is 67.1 Å². The maximum absolute atomic E-state index is 11.2. The van der Waals surface area contributed by atoms with Gasteiger partial charge in [0.15, 0.2) is 0 Å². The average Bonchev–Trinajstić information content (AvgIpc) is 2.75. The Kier molecular flexibility index (Phi) is 5.86. The lowest BCUT2D eigenvalue weighted by atomic mass is 9.88. The lowest BCUT2D eigenvalue weighted by Crippen LogP contribution is -2.35. The molecule has 1 amide bonds. The molecule has 1 aromatic heterocycles. The van der Waals surface area contributed by atoms with Gasteiger partial charge < -0.3 is 15.8 Å². The molecule has 148 valence electrons. The highest BCUT2D eigenvalue weighted by molar-refractivity contribution is 5.92. The van der Waals surface area contributed by atoms with Crippen molar-refractivity contribution in [3.63, 3.8) is 0 Å². The number of hydrogen-bond acceptors (Lipinski definition) is 4. The summed E-state index contributed by atoms with van der Waals surface area (Å²) in [6.07, 6.45) is 5.70. The van der Waals surface area contributed by atoms with E-state index >= 15 is 0 Å². The molecule has 2 aromatic carbocycles. The zero-order valence-corrected chi connectivity index (χ0v) is 16.3. The first-order valence-electron chi connectivity index (χ1n) is 10.0. The van der Waals surface area contributed by atoms with Gasteiger partial charge in [0.1, 0.15) is 5.75 Å². The van der Waals surface area contributed by atoms with Crippen LogP contribution in [0.3, 0.4) is 0 Å². The van der Waals surface area contributed by atoms with Gasteiger partial charge in [-0.15, -0.1) is 0 Å². The fourth-order valence-electron chi connectivity index (χ4n) is 3.74. The van der Waals surface area contributed by atoms with E-state index in [0.29, 0.717) is 17.5 Å². The Labute approximate surface area is 170 Å². The number of hydrogen-bond donors (Lipinski definition) is 2. The number of rotatable bonds is 7. The summed E-state index contributed by atoms with van der Waals surface area (Å²) >= 11 is 0. The molecule has 5 nitrogen and oxygen atoms in total.